The molecule has 0 spiro atoms. The Labute approximate surface area is 136 Å². The Bertz CT molecular complexity index is 654. The highest BCUT2D eigenvalue weighted by Gasteiger charge is 2.44. The SMILES string of the molecule is CCCS(=O)(=O)N[C@@H](C)C(=O)NCC1(c2ccc(F)cc2)CC1. The van der Waals surface area contributed by atoms with Crippen molar-refractivity contribution >= 4 is 15.9 Å². The predicted molar refractivity (Wildman–Crippen MR) is 87.0 cm³/mol. The van der Waals surface area contributed by atoms with Gasteiger partial charge in [0.25, 0.3) is 0 Å². The van der Waals surface area contributed by atoms with Gasteiger partial charge in [0.2, 0.25) is 15.9 Å². The second-order valence-corrected chi connectivity index (χ2v) is 8.04. The molecule has 1 atom stereocenters. The molecule has 23 heavy (non-hydrogen) atoms. The van der Waals surface area contributed by atoms with E-state index in [2.05, 4.69) is 10.0 Å². The normalized spacial score (nSPS) is 17.5. The minimum atomic E-state index is -3.42. The molecule has 1 saturated carbocycles. The Balaban J connectivity index is 1.90. The van der Waals surface area contributed by atoms with Gasteiger partial charge in [-0.25, -0.2) is 17.5 Å². The van der Waals surface area contributed by atoms with Crippen molar-refractivity contribution in [3.8, 4) is 0 Å². The van der Waals surface area contributed by atoms with Crippen molar-refractivity contribution in [3.63, 3.8) is 0 Å². The van der Waals surface area contributed by atoms with E-state index in [0.29, 0.717) is 13.0 Å². The van der Waals surface area contributed by atoms with Gasteiger partial charge in [0, 0.05) is 12.0 Å². The predicted octanol–water partition coefficient (Wildman–Crippen LogP) is 1.69. The summed E-state index contributed by atoms with van der Waals surface area (Å²) in [4.78, 5) is 12.1. The highest BCUT2D eigenvalue weighted by Crippen LogP contribution is 2.47. The number of hydrogen-bond acceptors (Lipinski definition) is 3. The van der Waals surface area contributed by atoms with Crippen LogP contribution >= 0.6 is 0 Å². The fraction of sp³-hybridized carbons (Fsp3) is 0.562. The molecule has 1 aromatic carbocycles. The van der Waals surface area contributed by atoms with Gasteiger partial charge < -0.3 is 5.32 Å². The molecule has 0 heterocycles. The first-order valence-electron chi connectivity index (χ1n) is 7.82. The van der Waals surface area contributed by atoms with E-state index in [1.165, 1.54) is 19.1 Å². The minimum absolute atomic E-state index is 0.00410. The Kier molecular flexibility index (Phi) is 5.41. The molecule has 2 rings (SSSR count). The van der Waals surface area contributed by atoms with E-state index in [-0.39, 0.29) is 22.9 Å². The molecule has 1 amide bonds. The van der Waals surface area contributed by atoms with E-state index < -0.39 is 16.1 Å². The molecule has 1 fully saturated rings. The topological polar surface area (TPSA) is 75.3 Å². The molecule has 0 aromatic heterocycles. The van der Waals surface area contributed by atoms with E-state index in [9.17, 15) is 17.6 Å². The number of halogens is 1. The van der Waals surface area contributed by atoms with E-state index in [1.807, 2.05) is 0 Å². The summed E-state index contributed by atoms with van der Waals surface area (Å²) in [7, 11) is -3.42. The summed E-state index contributed by atoms with van der Waals surface area (Å²) >= 11 is 0. The average molecular weight is 342 g/mol. The maximum absolute atomic E-state index is 13.0. The lowest BCUT2D eigenvalue weighted by molar-refractivity contribution is -0.122. The van der Waals surface area contributed by atoms with Crippen molar-refractivity contribution in [2.75, 3.05) is 12.3 Å². The third kappa shape index (κ3) is 4.75. The molecular formula is C16H23FN2O3S. The van der Waals surface area contributed by atoms with Gasteiger partial charge in [0.15, 0.2) is 0 Å². The standard InChI is InChI=1S/C16H23FN2O3S/c1-3-10-23(21,22)19-12(2)15(20)18-11-16(8-9-16)13-4-6-14(17)7-5-13/h4-7,12,19H,3,8-11H2,1-2H3,(H,18,20)/t12-/m0/s1. The molecule has 1 aromatic rings. The van der Waals surface area contributed by atoms with Gasteiger partial charge >= 0.3 is 0 Å². The van der Waals surface area contributed by atoms with Crippen molar-refractivity contribution < 1.29 is 17.6 Å². The van der Waals surface area contributed by atoms with Crippen LogP contribution in [0.2, 0.25) is 0 Å². The first-order valence-corrected chi connectivity index (χ1v) is 9.47. The van der Waals surface area contributed by atoms with Crippen LogP contribution in [0.4, 0.5) is 4.39 Å². The van der Waals surface area contributed by atoms with Crippen LogP contribution in [0.1, 0.15) is 38.7 Å². The summed E-state index contributed by atoms with van der Waals surface area (Å²) in [6.07, 6.45) is 2.35. The Morgan fingerprint density at radius 3 is 2.43 bits per heavy atom. The zero-order chi connectivity index (χ0) is 17.1. The summed E-state index contributed by atoms with van der Waals surface area (Å²) in [5.74, 6) is -0.630. The molecular weight excluding hydrogens is 319 g/mol. The monoisotopic (exact) mass is 342 g/mol. The zero-order valence-electron chi connectivity index (χ0n) is 13.4. The number of hydrogen-bond donors (Lipinski definition) is 2. The van der Waals surface area contributed by atoms with Gasteiger partial charge in [-0.2, -0.15) is 0 Å². The number of sulfonamides is 1. The van der Waals surface area contributed by atoms with Gasteiger partial charge in [0.05, 0.1) is 11.8 Å². The van der Waals surface area contributed by atoms with Crippen LogP contribution in [0.5, 0.6) is 0 Å². The summed E-state index contributed by atoms with van der Waals surface area (Å²) in [6.45, 7) is 3.72. The molecule has 2 N–H and O–H groups in total. The minimum Gasteiger partial charge on any atom is -0.354 e. The Morgan fingerprint density at radius 2 is 1.91 bits per heavy atom. The number of amides is 1. The van der Waals surface area contributed by atoms with Crippen LogP contribution < -0.4 is 10.0 Å². The first-order chi connectivity index (χ1) is 10.8. The van der Waals surface area contributed by atoms with Crippen molar-refractivity contribution in [1.82, 2.24) is 10.0 Å². The number of carbonyl (C=O) groups is 1. The second kappa shape index (κ2) is 6.97. The molecule has 128 valence electrons. The summed E-state index contributed by atoms with van der Waals surface area (Å²) < 4.78 is 38.7. The van der Waals surface area contributed by atoms with Crippen molar-refractivity contribution in [2.24, 2.45) is 0 Å². The highest BCUT2D eigenvalue weighted by molar-refractivity contribution is 7.89. The molecule has 0 bridgehead atoms. The quantitative estimate of drug-likeness (QED) is 0.755. The van der Waals surface area contributed by atoms with Crippen LogP contribution in [0.25, 0.3) is 0 Å². The van der Waals surface area contributed by atoms with Crippen LogP contribution in [0, 0.1) is 5.82 Å². The lowest BCUT2D eigenvalue weighted by Gasteiger charge is -2.19. The molecule has 0 unspecified atom stereocenters. The first kappa shape index (κ1) is 17.9. The van der Waals surface area contributed by atoms with Gasteiger partial charge in [0.1, 0.15) is 5.82 Å². The maximum atomic E-state index is 13.0. The maximum Gasteiger partial charge on any atom is 0.237 e. The lowest BCUT2D eigenvalue weighted by atomic mass is 9.96. The van der Waals surface area contributed by atoms with Crippen LogP contribution in [0.15, 0.2) is 24.3 Å². The van der Waals surface area contributed by atoms with E-state index >= 15 is 0 Å². The zero-order valence-corrected chi connectivity index (χ0v) is 14.2. The Morgan fingerprint density at radius 1 is 1.30 bits per heavy atom. The van der Waals surface area contributed by atoms with E-state index in [4.69, 9.17) is 0 Å². The number of benzene rings is 1. The van der Waals surface area contributed by atoms with Crippen LogP contribution in [-0.2, 0) is 20.2 Å². The highest BCUT2D eigenvalue weighted by atomic mass is 32.2. The third-order valence-electron chi connectivity index (χ3n) is 4.13. The van der Waals surface area contributed by atoms with E-state index in [1.54, 1.807) is 19.1 Å². The van der Waals surface area contributed by atoms with Gasteiger partial charge in [-0.05, 0) is 43.9 Å². The molecule has 1 aliphatic rings. The fourth-order valence-corrected chi connectivity index (χ4v) is 3.88. The molecule has 0 aliphatic heterocycles. The van der Waals surface area contributed by atoms with E-state index in [0.717, 1.165) is 18.4 Å². The van der Waals surface area contributed by atoms with Crippen molar-refractivity contribution in [3.05, 3.63) is 35.6 Å². The molecule has 7 heteroatoms. The van der Waals surface area contributed by atoms with Crippen LogP contribution in [0.3, 0.4) is 0 Å². The summed E-state index contributed by atoms with van der Waals surface area (Å²) in [6, 6.07) is 5.50. The lowest BCUT2D eigenvalue weighted by Crippen LogP contribution is -2.47. The van der Waals surface area contributed by atoms with Gasteiger partial charge in [-0.15, -0.1) is 0 Å². The fourth-order valence-electron chi connectivity index (χ4n) is 2.58. The Hall–Kier alpha value is -1.47. The molecule has 0 radical (unpaired) electrons. The number of carbonyl (C=O) groups excluding carboxylic acids is 1. The average Bonchev–Trinajstić information content (AvgIpc) is 3.26. The second-order valence-electron chi connectivity index (χ2n) is 6.16. The summed E-state index contributed by atoms with van der Waals surface area (Å²) in [5, 5.41) is 2.80. The van der Waals surface area contributed by atoms with Gasteiger partial charge in [-0.3, -0.25) is 4.79 Å². The number of nitrogens with one attached hydrogen (secondary N) is 2. The van der Waals surface area contributed by atoms with Gasteiger partial charge in [-0.1, -0.05) is 19.1 Å². The molecule has 5 nitrogen and oxygen atoms in total. The summed E-state index contributed by atoms with van der Waals surface area (Å²) in [5.41, 5.74) is 0.851. The number of rotatable bonds is 8. The smallest absolute Gasteiger partial charge is 0.237 e. The third-order valence-corrected chi connectivity index (χ3v) is 5.79. The van der Waals surface area contributed by atoms with Crippen molar-refractivity contribution in [1.29, 1.82) is 0 Å². The largest absolute Gasteiger partial charge is 0.354 e. The molecule has 1 aliphatic carbocycles. The van der Waals surface area contributed by atoms with Crippen LogP contribution in [-0.4, -0.2) is 32.7 Å². The van der Waals surface area contributed by atoms with Crippen molar-refractivity contribution in [2.45, 2.75) is 44.6 Å². The molecule has 0 saturated heterocycles.